The van der Waals surface area contributed by atoms with Gasteiger partial charge in [0, 0.05) is 13.6 Å². The van der Waals surface area contributed by atoms with Crippen molar-refractivity contribution in [2.45, 2.75) is 12.8 Å². The summed E-state index contributed by atoms with van der Waals surface area (Å²) in [6.07, 6.45) is 4.42. The summed E-state index contributed by atoms with van der Waals surface area (Å²) in [5.41, 5.74) is 0. The number of nitrogens with one attached hydrogen (secondary N) is 2. The molecule has 6 heteroatoms. The van der Waals surface area contributed by atoms with Crippen molar-refractivity contribution in [3.05, 3.63) is 16.1 Å². The van der Waals surface area contributed by atoms with Gasteiger partial charge in [0.05, 0.1) is 10.0 Å². The Kier molecular flexibility index (Phi) is 6.85. The second-order valence-electron chi connectivity index (χ2n) is 3.53. The van der Waals surface area contributed by atoms with Crippen LogP contribution >= 0.6 is 35.0 Å². The molecule has 0 fully saturated rings. The van der Waals surface area contributed by atoms with E-state index in [1.807, 2.05) is 11.8 Å². The largest absolute Gasteiger partial charge is 0.372 e. The third kappa shape index (κ3) is 4.82. The standard InChI is InChI=1S/C11H17Cl2N3S/c1-14-10-8(12)7-9(13)11(16-10)15-5-3-4-6-17-2/h7H,3-6H2,1-2H3,(H2,14,15,16). The summed E-state index contributed by atoms with van der Waals surface area (Å²) in [5, 5.41) is 7.24. The van der Waals surface area contributed by atoms with Gasteiger partial charge in [0.2, 0.25) is 0 Å². The molecule has 0 spiro atoms. The molecule has 0 saturated carbocycles. The first-order chi connectivity index (χ1) is 8.19. The second kappa shape index (κ2) is 7.90. The fraction of sp³-hybridized carbons (Fsp3) is 0.545. The lowest BCUT2D eigenvalue weighted by atomic mass is 10.3. The van der Waals surface area contributed by atoms with Crippen molar-refractivity contribution in [3.8, 4) is 0 Å². The van der Waals surface area contributed by atoms with E-state index in [2.05, 4.69) is 21.9 Å². The predicted octanol–water partition coefficient (Wildman–Crippen LogP) is 3.99. The molecule has 0 aliphatic rings. The van der Waals surface area contributed by atoms with E-state index in [9.17, 15) is 0 Å². The minimum Gasteiger partial charge on any atom is -0.372 e. The lowest BCUT2D eigenvalue weighted by Gasteiger charge is -2.10. The van der Waals surface area contributed by atoms with Gasteiger partial charge in [0.25, 0.3) is 0 Å². The fourth-order valence-electron chi connectivity index (χ4n) is 1.34. The highest BCUT2D eigenvalue weighted by atomic mass is 35.5. The van der Waals surface area contributed by atoms with E-state index in [0.717, 1.165) is 13.0 Å². The number of unbranched alkanes of at least 4 members (excludes halogenated alkanes) is 1. The van der Waals surface area contributed by atoms with Gasteiger partial charge in [-0.15, -0.1) is 0 Å². The van der Waals surface area contributed by atoms with E-state index in [4.69, 9.17) is 23.2 Å². The van der Waals surface area contributed by atoms with Crippen LogP contribution in [0.4, 0.5) is 11.6 Å². The maximum absolute atomic E-state index is 6.06. The van der Waals surface area contributed by atoms with Crippen LogP contribution in [0.5, 0.6) is 0 Å². The summed E-state index contributed by atoms with van der Waals surface area (Å²) >= 11 is 13.9. The average molecular weight is 294 g/mol. The Morgan fingerprint density at radius 2 is 1.94 bits per heavy atom. The Morgan fingerprint density at radius 1 is 1.24 bits per heavy atom. The number of halogens is 2. The monoisotopic (exact) mass is 293 g/mol. The fourth-order valence-corrected chi connectivity index (χ4v) is 2.36. The van der Waals surface area contributed by atoms with E-state index in [1.165, 1.54) is 12.2 Å². The van der Waals surface area contributed by atoms with Crippen LogP contribution in [-0.2, 0) is 0 Å². The van der Waals surface area contributed by atoms with Gasteiger partial charge < -0.3 is 10.6 Å². The maximum Gasteiger partial charge on any atom is 0.147 e. The first kappa shape index (κ1) is 14.7. The Bertz CT molecular complexity index is 361. The first-order valence-electron chi connectivity index (χ1n) is 5.45. The van der Waals surface area contributed by atoms with Gasteiger partial charge in [0.1, 0.15) is 11.6 Å². The van der Waals surface area contributed by atoms with Crippen LogP contribution in [0.3, 0.4) is 0 Å². The van der Waals surface area contributed by atoms with E-state index in [0.29, 0.717) is 21.7 Å². The van der Waals surface area contributed by atoms with Gasteiger partial charge in [-0.25, -0.2) is 4.98 Å². The molecule has 1 aromatic rings. The zero-order valence-corrected chi connectivity index (χ0v) is 12.3. The van der Waals surface area contributed by atoms with E-state index in [1.54, 1.807) is 13.1 Å². The van der Waals surface area contributed by atoms with Gasteiger partial charge >= 0.3 is 0 Å². The number of aromatic nitrogens is 1. The number of thioether (sulfide) groups is 1. The summed E-state index contributed by atoms with van der Waals surface area (Å²) < 4.78 is 0. The SMILES string of the molecule is CNc1nc(NCCCCSC)c(Cl)cc1Cl. The van der Waals surface area contributed by atoms with Crippen LogP contribution in [-0.4, -0.2) is 30.6 Å². The third-order valence-corrected chi connectivity index (χ3v) is 3.51. The van der Waals surface area contributed by atoms with E-state index >= 15 is 0 Å². The van der Waals surface area contributed by atoms with Crippen molar-refractivity contribution >= 4 is 46.6 Å². The third-order valence-electron chi connectivity index (χ3n) is 2.23. The van der Waals surface area contributed by atoms with Crippen molar-refractivity contribution in [3.63, 3.8) is 0 Å². The zero-order chi connectivity index (χ0) is 12.7. The molecule has 0 bridgehead atoms. The Hall–Kier alpha value is -0.320. The summed E-state index contributed by atoms with van der Waals surface area (Å²) in [5.74, 6) is 2.51. The maximum atomic E-state index is 6.06. The normalized spacial score (nSPS) is 10.4. The lowest BCUT2D eigenvalue weighted by molar-refractivity contribution is 0.840. The van der Waals surface area contributed by atoms with Crippen molar-refractivity contribution in [1.82, 2.24) is 4.98 Å². The molecule has 0 amide bonds. The Morgan fingerprint density at radius 3 is 2.59 bits per heavy atom. The predicted molar refractivity (Wildman–Crippen MR) is 79.9 cm³/mol. The number of anilines is 2. The first-order valence-corrected chi connectivity index (χ1v) is 7.60. The molecule has 3 nitrogen and oxygen atoms in total. The summed E-state index contributed by atoms with van der Waals surface area (Å²) in [4.78, 5) is 4.32. The molecule has 1 rings (SSSR count). The number of hydrogen-bond donors (Lipinski definition) is 2. The van der Waals surface area contributed by atoms with Gasteiger partial charge in [-0.2, -0.15) is 11.8 Å². The lowest BCUT2D eigenvalue weighted by Crippen LogP contribution is -2.06. The van der Waals surface area contributed by atoms with Gasteiger partial charge in [-0.1, -0.05) is 23.2 Å². The number of rotatable bonds is 7. The minimum absolute atomic E-state index is 0.533. The molecule has 0 aliphatic heterocycles. The molecule has 1 aromatic heterocycles. The molecule has 0 radical (unpaired) electrons. The van der Waals surface area contributed by atoms with Crippen LogP contribution in [0.1, 0.15) is 12.8 Å². The molecule has 1 heterocycles. The molecular weight excluding hydrogens is 277 g/mol. The summed E-state index contributed by atoms with van der Waals surface area (Å²) in [6.45, 7) is 0.873. The van der Waals surface area contributed by atoms with Crippen LogP contribution < -0.4 is 10.6 Å². The highest BCUT2D eigenvalue weighted by Crippen LogP contribution is 2.28. The van der Waals surface area contributed by atoms with Crippen LogP contribution in [0.15, 0.2) is 6.07 Å². The van der Waals surface area contributed by atoms with Gasteiger partial charge in [0.15, 0.2) is 0 Å². The van der Waals surface area contributed by atoms with Gasteiger partial charge in [-0.05, 0) is 30.9 Å². The summed E-state index contributed by atoms with van der Waals surface area (Å²) in [6, 6.07) is 1.70. The molecular formula is C11H17Cl2N3S. The minimum atomic E-state index is 0.533. The zero-order valence-electron chi connectivity index (χ0n) is 10.0. The van der Waals surface area contributed by atoms with E-state index < -0.39 is 0 Å². The van der Waals surface area contributed by atoms with Crippen LogP contribution in [0.25, 0.3) is 0 Å². The van der Waals surface area contributed by atoms with Crippen molar-refractivity contribution in [1.29, 1.82) is 0 Å². The average Bonchev–Trinajstić information content (AvgIpc) is 2.31. The van der Waals surface area contributed by atoms with Crippen LogP contribution in [0.2, 0.25) is 10.0 Å². The van der Waals surface area contributed by atoms with E-state index in [-0.39, 0.29) is 0 Å². The Labute approximate surface area is 117 Å². The molecule has 0 aromatic carbocycles. The highest BCUT2D eigenvalue weighted by Gasteiger charge is 2.07. The number of nitrogens with zero attached hydrogens (tertiary/aromatic N) is 1. The molecule has 0 saturated heterocycles. The van der Waals surface area contributed by atoms with Crippen LogP contribution in [0, 0.1) is 0 Å². The molecule has 2 N–H and O–H groups in total. The molecule has 96 valence electrons. The summed E-state index contributed by atoms with van der Waals surface area (Å²) in [7, 11) is 1.78. The number of pyridine rings is 1. The quantitative estimate of drug-likeness (QED) is 0.746. The number of hydrogen-bond acceptors (Lipinski definition) is 4. The van der Waals surface area contributed by atoms with Crippen molar-refractivity contribution < 1.29 is 0 Å². The topological polar surface area (TPSA) is 37.0 Å². The smallest absolute Gasteiger partial charge is 0.147 e. The van der Waals surface area contributed by atoms with Gasteiger partial charge in [-0.3, -0.25) is 0 Å². The molecule has 0 aliphatic carbocycles. The molecule has 0 atom stereocenters. The highest BCUT2D eigenvalue weighted by molar-refractivity contribution is 7.98. The molecule has 0 unspecified atom stereocenters. The Balaban J connectivity index is 2.52. The van der Waals surface area contributed by atoms with Crippen molar-refractivity contribution in [2.75, 3.05) is 36.2 Å². The van der Waals surface area contributed by atoms with Crippen molar-refractivity contribution in [2.24, 2.45) is 0 Å². The second-order valence-corrected chi connectivity index (χ2v) is 5.33. The molecule has 17 heavy (non-hydrogen) atoms.